The summed E-state index contributed by atoms with van der Waals surface area (Å²) in [6.45, 7) is 0. The van der Waals surface area contributed by atoms with E-state index in [-0.39, 0.29) is 21.6 Å². The largest absolute Gasteiger partial charge is 0.354 e. The molecule has 3 aromatic rings. The number of non-ortho nitro benzene ring substituents is 2. The maximum absolute atomic E-state index is 12.4. The van der Waals surface area contributed by atoms with E-state index >= 15 is 0 Å². The number of nitrogens with one attached hydrogen (secondary N) is 1. The number of benzene rings is 2. The summed E-state index contributed by atoms with van der Waals surface area (Å²) in [5.74, 6) is 0. The Morgan fingerprint density at radius 1 is 1.08 bits per heavy atom. The van der Waals surface area contributed by atoms with E-state index in [1.165, 1.54) is 7.05 Å². The fourth-order valence-electron chi connectivity index (χ4n) is 2.65. The van der Waals surface area contributed by atoms with Crippen LogP contribution < -0.4 is 10.9 Å². The molecule has 0 fully saturated rings. The molecule has 10 heteroatoms. The van der Waals surface area contributed by atoms with Gasteiger partial charge in [-0.1, -0.05) is 29.8 Å². The van der Waals surface area contributed by atoms with Gasteiger partial charge in [-0.2, -0.15) is 0 Å². The zero-order valence-corrected chi connectivity index (χ0v) is 14.1. The minimum atomic E-state index is -0.769. The Morgan fingerprint density at radius 3 is 2.31 bits per heavy atom. The van der Waals surface area contributed by atoms with Gasteiger partial charge >= 0.3 is 5.69 Å². The van der Waals surface area contributed by atoms with Crippen LogP contribution in [0.15, 0.2) is 47.3 Å². The first-order valence-corrected chi connectivity index (χ1v) is 7.66. The van der Waals surface area contributed by atoms with Gasteiger partial charge in [-0.05, 0) is 12.1 Å². The summed E-state index contributed by atoms with van der Waals surface area (Å²) >= 11 is 6.16. The summed E-state index contributed by atoms with van der Waals surface area (Å²) in [6, 6.07) is 10.6. The number of nitro benzene ring substituents is 2. The summed E-state index contributed by atoms with van der Waals surface area (Å²) in [5, 5.41) is 25.4. The van der Waals surface area contributed by atoms with Crippen molar-refractivity contribution in [3.63, 3.8) is 0 Å². The Balaban J connectivity index is 2.45. The molecule has 9 nitrogen and oxygen atoms in total. The molecule has 132 valence electrons. The number of hydrogen-bond donors (Lipinski definition) is 1. The zero-order valence-electron chi connectivity index (χ0n) is 13.3. The molecule has 0 saturated carbocycles. The Labute approximate surface area is 150 Å². The lowest BCUT2D eigenvalue weighted by atomic mass is 10.1. The Kier molecular flexibility index (Phi) is 4.31. The van der Waals surface area contributed by atoms with E-state index in [0.29, 0.717) is 5.69 Å². The van der Waals surface area contributed by atoms with Crippen molar-refractivity contribution in [1.29, 1.82) is 0 Å². The summed E-state index contributed by atoms with van der Waals surface area (Å²) in [5.41, 5.74) is -1.11. The number of para-hydroxylation sites is 1. The van der Waals surface area contributed by atoms with Gasteiger partial charge in [0.15, 0.2) is 0 Å². The molecular formula is C16H11ClN4O5. The topological polar surface area (TPSA) is 120 Å². The molecule has 26 heavy (non-hydrogen) atoms. The summed E-state index contributed by atoms with van der Waals surface area (Å²) in [7, 11) is 1.32. The van der Waals surface area contributed by atoms with Crippen LogP contribution in [0.4, 0.5) is 22.7 Å². The van der Waals surface area contributed by atoms with Gasteiger partial charge in [0.05, 0.1) is 21.6 Å². The molecule has 0 spiro atoms. The second-order valence-corrected chi connectivity index (χ2v) is 5.80. The zero-order chi connectivity index (χ0) is 19.0. The van der Waals surface area contributed by atoms with Gasteiger partial charge in [-0.25, -0.2) is 0 Å². The van der Waals surface area contributed by atoms with Crippen molar-refractivity contribution < 1.29 is 9.85 Å². The molecule has 0 bridgehead atoms. The highest BCUT2D eigenvalue weighted by molar-refractivity contribution is 6.35. The van der Waals surface area contributed by atoms with Crippen LogP contribution >= 0.6 is 11.6 Å². The molecule has 0 aliphatic carbocycles. The average Bonchev–Trinajstić information content (AvgIpc) is 2.63. The number of pyridine rings is 1. The highest BCUT2D eigenvalue weighted by atomic mass is 35.5. The van der Waals surface area contributed by atoms with Crippen LogP contribution in [0.1, 0.15) is 0 Å². The molecule has 0 aliphatic rings. The second kappa shape index (κ2) is 6.45. The van der Waals surface area contributed by atoms with Crippen LogP contribution in [0.25, 0.3) is 10.9 Å². The molecule has 1 aromatic heterocycles. The second-order valence-electron chi connectivity index (χ2n) is 5.42. The average molecular weight is 375 g/mol. The van der Waals surface area contributed by atoms with Gasteiger partial charge in [-0.3, -0.25) is 25.0 Å². The van der Waals surface area contributed by atoms with Crippen molar-refractivity contribution in [2.24, 2.45) is 7.05 Å². The third-order valence-electron chi connectivity index (χ3n) is 3.84. The highest BCUT2D eigenvalue weighted by Crippen LogP contribution is 2.37. The van der Waals surface area contributed by atoms with Crippen molar-refractivity contribution in [2.45, 2.75) is 0 Å². The van der Waals surface area contributed by atoms with E-state index < -0.39 is 26.8 Å². The van der Waals surface area contributed by atoms with Crippen molar-refractivity contribution in [2.75, 3.05) is 5.32 Å². The van der Waals surface area contributed by atoms with E-state index in [2.05, 4.69) is 5.32 Å². The van der Waals surface area contributed by atoms with E-state index in [4.69, 9.17) is 11.6 Å². The van der Waals surface area contributed by atoms with Gasteiger partial charge in [0, 0.05) is 24.2 Å². The van der Waals surface area contributed by atoms with Crippen molar-refractivity contribution in [3.8, 4) is 0 Å². The number of anilines is 2. The first-order chi connectivity index (χ1) is 12.3. The molecule has 1 N–H and O–H groups in total. The number of aromatic nitrogens is 1. The smallest absolute Gasteiger partial charge is 0.300 e. The van der Waals surface area contributed by atoms with Gasteiger partial charge in [0.25, 0.3) is 11.2 Å². The van der Waals surface area contributed by atoms with E-state index in [1.54, 1.807) is 30.3 Å². The number of nitro groups is 2. The maximum atomic E-state index is 12.4. The Morgan fingerprint density at radius 2 is 1.73 bits per heavy atom. The lowest BCUT2D eigenvalue weighted by Crippen LogP contribution is -2.20. The molecule has 0 radical (unpaired) electrons. The third kappa shape index (κ3) is 2.84. The number of rotatable bonds is 4. The first-order valence-electron chi connectivity index (χ1n) is 7.28. The Hall–Kier alpha value is -3.46. The van der Waals surface area contributed by atoms with Gasteiger partial charge in [0.1, 0.15) is 10.5 Å². The maximum Gasteiger partial charge on any atom is 0.300 e. The molecule has 0 unspecified atom stereocenters. The normalized spacial score (nSPS) is 10.7. The summed E-state index contributed by atoms with van der Waals surface area (Å²) in [4.78, 5) is 33.5. The molecule has 0 atom stereocenters. The van der Waals surface area contributed by atoms with Crippen molar-refractivity contribution in [3.05, 3.63) is 78.1 Å². The molecule has 3 rings (SSSR count). The first kappa shape index (κ1) is 17.4. The molecular weight excluding hydrogens is 364 g/mol. The number of nitrogens with zero attached hydrogens (tertiary/aromatic N) is 3. The van der Waals surface area contributed by atoms with Crippen LogP contribution in [0.3, 0.4) is 0 Å². The fraction of sp³-hybridized carbons (Fsp3) is 0.0625. The number of halogens is 1. The molecule has 1 heterocycles. The predicted molar refractivity (Wildman–Crippen MR) is 97.2 cm³/mol. The molecule has 2 aromatic carbocycles. The van der Waals surface area contributed by atoms with Gasteiger partial charge in [0.2, 0.25) is 0 Å². The fourth-order valence-corrected chi connectivity index (χ4v) is 2.93. The summed E-state index contributed by atoms with van der Waals surface area (Å²) < 4.78 is 1.01. The van der Waals surface area contributed by atoms with Crippen molar-refractivity contribution in [1.82, 2.24) is 4.57 Å². The number of fused-ring (bicyclic) bond motifs is 1. The standard InChI is InChI=1S/C16H11ClN4O5/c1-19-15-11(7-10(20(23)24)8-12(15)21(25)26)14(13(17)16(19)22)18-9-5-3-2-4-6-9/h2-8,18H,1H3. The van der Waals surface area contributed by atoms with Crippen LogP contribution in [0, 0.1) is 20.2 Å². The van der Waals surface area contributed by atoms with Gasteiger partial charge in [-0.15, -0.1) is 0 Å². The van der Waals surface area contributed by atoms with E-state index in [0.717, 1.165) is 16.7 Å². The highest BCUT2D eigenvalue weighted by Gasteiger charge is 2.26. The lowest BCUT2D eigenvalue weighted by Gasteiger charge is -2.14. The predicted octanol–water partition coefficient (Wildman–Crippen LogP) is 3.75. The molecule has 0 amide bonds. The minimum absolute atomic E-state index is 0.0616. The Bertz CT molecular complexity index is 1110. The quantitative estimate of drug-likeness (QED) is 0.548. The summed E-state index contributed by atoms with van der Waals surface area (Å²) in [6.07, 6.45) is 0. The monoisotopic (exact) mass is 374 g/mol. The molecule has 0 aliphatic heterocycles. The molecule has 0 saturated heterocycles. The third-order valence-corrected chi connectivity index (χ3v) is 4.19. The lowest BCUT2D eigenvalue weighted by molar-refractivity contribution is -0.393. The van der Waals surface area contributed by atoms with Crippen LogP contribution in [-0.4, -0.2) is 14.4 Å². The van der Waals surface area contributed by atoms with Crippen LogP contribution in [0.2, 0.25) is 5.02 Å². The van der Waals surface area contributed by atoms with E-state index in [9.17, 15) is 25.0 Å². The number of hydrogen-bond acceptors (Lipinski definition) is 6. The van der Waals surface area contributed by atoms with E-state index in [1.807, 2.05) is 0 Å². The van der Waals surface area contributed by atoms with Crippen LogP contribution in [0.5, 0.6) is 0 Å². The minimum Gasteiger partial charge on any atom is -0.354 e. The van der Waals surface area contributed by atoms with Crippen molar-refractivity contribution >= 4 is 45.3 Å². The number of aryl methyl sites for hydroxylation is 1. The van der Waals surface area contributed by atoms with Crippen LogP contribution in [-0.2, 0) is 7.05 Å². The van der Waals surface area contributed by atoms with Gasteiger partial charge < -0.3 is 9.88 Å². The SMILES string of the molecule is Cn1c(=O)c(Cl)c(Nc2ccccc2)c2cc([N+](=O)[O-])cc([N+](=O)[O-])c21.